The number of hydrogen-bond donors (Lipinski definition) is 1. The molecule has 1 amide bonds. The minimum atomic E-state index is -0.597. The molecule has 0 radical (unpaired) electrons. The van der Waals surface area contributed by atoms with Crippen LogP contribution in [0.15, 0.2) is 77.5 Å². The van der Waals surface area contributed by atoms with E-state index in [9.17, 15) is 14.9 Å². The highest BCUT2D eigenvalue weighted by molar-refractivity contribution is 7.98. The smallest absolute Gasteiger partial charge is 0.295 e. The first-order valence-corrected chi connectivity index (χ1v) is 13.5. The number of nitriles is 1. The van der Waals surface area contributed by atoms with E-state index in [1.165, 1.54) is 7.11 Å². The highest BCUT2D eigenvalue weighted by Crippen LogP contribution is 2.35. The molecule has 1 N–H and O–H groups in total. The van der Waals surface area contributed by atoms with Crippen LogP contribution in [0.4, 0.5) is 0 Å². The first-order valence-electron chi connectivity index (χ1n) is 12.2. The van der Waals surface area contributed by atoms with E-state index in [2.05, 4.69) is 16.0 Å². The van der Waals surface area contributed by atoms with E-state index >= 15 is 0 Å². The van der Waals surface area contributed by atoms with Crippen LogP contribution in [0.25, 0.3) is 27.7 Å². The van der Waals surface area contributed by atoms with Crippen molar-refractivity contribution in [1.82, 2.24) is 14.9 Å². The number of piperidine rings is 1. The molecule has 5 rings (SSSR count). The number of likely N-dealkylation sites (tertiary alicyclic amines) is 1. The number of allylic oxidation sites excluding steroid dienone is 1. The summed E-state index contributed by atoms with van der Waals surface area (Å²) in [4.78, 5) is 37.2. The number of nitrogens with one attached hydrogen (secondary N) is 1. The molecule has 4 aromatic rings. The van der Waals surface area contributed by atoms with Crippen LogP contribution in [-0.4, -0.2) is 53.0 Å². The number of carbonyl (C=O) groups is 2. The third kappa shape index (κ3) is 4.69. The van der Waals surface area contributed by atoms with Crippen LogP contribution in [0.5, 0.6) is 5.75 Å². The summed E-state index contributed by atoms with van der Waals surface area (Å²) < 4.78 is 5.52. The summed E-state index contributed by atoms with van der Waals surface area (Å²) in [6, 6.07) is 19.9. The van der Waals surface area contributed by atoms with Crippen molar-refractivity contribution in [1.29, 1.82) is 5.26 Å². The summed E-state index contributed by atoms with van der Waals surface area (Å²) in [5, 5.41) is 10.3. The number of pyridine rings is 1. The number of amides is 1. The van der Waals surface area contributed by atoms with Gasteiger partial charge in [-0.2, -0.15) is 5.26 Å². The number of aromatic nitrogens is 2. The maximum atomic E-state index is 13.5. The maximum Gasteiger partial charge on any atom is 0.295 e. The Morgan fingerprint density at radius 1 is 1.08 bits per heavy atom. The zero-order chi connectivity index (χ0) is 26.6. The van der Waals surface area contributed by atoms with Gasteiger partial charge in [-0.05, 0) is 42.4 Å². The number of aromatic amines is 1. The number of fused-ring (bicyclic) bond motifs is 1. The normalized spacial score (nSPS) is 13.3. The predicted octanol–water partition coefficient (Wildman–Crippen LogP) is 5.74. The van der Waals surface area contributed by atoms with Crippen LogP contribution in [0.2, 0.25) is 0 Å². The number of methoxy groups -OCH3 is 1. The zero-order valence-electron chi connectivity index (χ0n) is 21.2. The van der Waals surface area contributed by atoms with Crippen LogP contribution in [-0.2, 0) is 4.79 Å². The van der Waals surface area contributed by atoms with E-state index in [1.807, 2.05) is 60.9 Å². The van der Waals surface area contributed by atoms with Gasteiger partial charge in [-0.3, -0.25) is 14.6 Å². The van der Waals surface area contributed by atoms with Crippen LogP contribution in [0, 0.1) is 11.3 Å². The summed E-state index contributed by atoms with van der Waals surface area (Å²) in [6.45, 7) is 0.762. The first kappa shape index (κ1) is 25.3. The summed E-state index contributed by atoms with van der Waals surface area (Å²) in [6.07, 6.45) is 6.26. The molecule has 0 atom stereocenters. The van der Waals surface area contributed by atoms with E-state index in [-0.39, 0.29) is 5.56 Å². The predicted molar refractivity (Wildman–Crippen MR) is 149 cm³/mol. The Morgan fingerprint density at radius 3 is 2.42 bits per heavy atom. The largest absolute Gasteiger partial charge is 0.494 e. The Kier molecular flexibility index (Phi) is 7.29. The Hall–Kier alpha value is -4.35. The van der Waals surface area contributed by atoms with E-state index in [0.717, 1.165) is 21.6 Å². The fourth-order valence-electron chi connectivity index (χ4n) is 4.86. The average Bonchev–Trinajstić information content (AvgIpc) is 3.43. The molecule has 0 spiro atoms. The summed E-state index contributed by atoms with van der Waals surface area (Å²) >= 11 is 1.66. The second-order valence-corrected chi connectivity index (χ2v) is 9.81. The average molecular weight is 523 g/mol. The third-order valence-corrected chi connectivity index (χ3v) is 7.62. The van der Waals surface area contributed by atoms with Crippen LogP contribution in [0.1, 0.15) is 28.8 Å². The van der Waals surface area contributed by atoms with Gasteiger partial charge in [-0.1, -0.05) is 42.5 Å². The lowest BCUT2D eigenvalue weighted by Crippen LogP contribution is -2.40. The van der Waals surface area contributed by atoms with Crippen LogP contribution >= 0.6 is 11.8 Å². The number of H-pyrrole nitrogens is 1. The highest BCUT2D eigenvalue weighted by atomic mass is 32.2. The molecule has 1 fully saturated rings. The van der Waals surface area contributed by atoms with Gasteiger partial charge in [-0.15, -0.1) is 11.8 Å². The fourth-order valence-corrected chi connectivity index (χ4v) is 5.27. The number of ether oxygens (including phenoxy) is 1. The Balaban J connectivity index is 1.41. The van der Waals surface area contributed by atoms with Crippen molar-refractivity contribution < 1.29 is 14.3 Å². The van der Waals surface area contributed by atoms with Crippen molar-refractivity contribution in [2.24, 2.45) is 0 Å². The Morgan fingerprint density at radius 2 is 1.79 bits per heavy atom. The number of rotatable bonds is 6. The molecule has 8 heteroatoms. The third-order valence-electron chi connectivity index (χ3n) is 6.88. The zero-order valence-corrected chi connectivity index (χ0v) is 22.0. The molecule has 1 aliphatic heterocycles. The standard InChI is InChI=1S/C30H26N4O3S/c1-37-25-18-33-27(21-8-10-22(38-2)11-9-21)28-26(25)24(17-32-28)29(35)30(36)34-14-12-20(13-15-34)23(16-31)19-6-4-3-5-7-19/h3-11,17-18,32H,12-15H2,1-2H3. The topological polar surface area (TPSA) is 99.1 Å². The second-order valence-electron chi connectivity index (χ2n) is 8.93. The maximum absolute atomic E-state index is 13.5. The van der Waals surface area contributed by atoms with Crippen LogP contribution < -0.4 is 4.74 Å². The molecular formula is C30H26N4O3S. The number of ketones is 1. The molecule has 190 valence electrons. The van der Waals surface area contributed by atoms with Crippen molar-refractivity contribution in [2.45, 2.75) is 17.7 Å². The Bertz CT molecular complexity index is 1570. The minimum Gasteiger partial charge on any atom is -0.494 e. The molecule has 0 aliphatic carbocycles. The quantitative estimate of drug-likeness (QED) is 0.150. The highest BCUT2D eigenvalue weighted by Gasteiger charge is 2.30. The lowest BCUT2D eigenvalue weighted by molar-refractivity contribution is -0.126. The van der Waals surface area contributed by atoms with Gasteiger partial charge < -0.3 is 14.6 Å². The fraction of sp³-hybridized carbons (Fsp3) is 0.200. The SMILES string of the molecule is COc1cnc(-c2ccc(SC)cc2)c2[nH]cc(C(=O)C(=O)N3CCC(=C(C#N)c4ccccc4)CC3)c12. The number of nitrogens with zero attached hydrogens (tertiary/aromatic N) is 3. The molecule has 0 saturated carbocycles. The molecule has 2 aromatic carbocycles. The minimum absolute atomic E-state index is 0.259. The van der Waals surface area contributed by atoms with E-state index in [1.54, 1.807) is 29.1 Å². The first-order chi connectivity index (χ1) is 18.5. The van der Waals surface area contributed by atoms with Crippen molar-refractivity contribution in [3.05, 3.63) is 83.7 Å². The van der Waals surface area contributed by atoms with Gasteiger partial charge in [0.05, 0.1) is 47.1 Å². The molecule has 0 unspecified atom stereocenters. The van der Waals surface area contributed by atoms with Crippen molar-refractivity contribution in [2.75, 3.05) is 26.5 Å². The van der Waals surface area contributed by atoms with Gasteiger partial charge in [0, 0.05) is 29.7 Å². The Labute approximate surface area is 225 Å². The van der Waals surface area contributed by atoms with Crippen LogP contribution in [0.3, 0.4) is 0 Å². The number of benzene rings is 2. The monoisotopic (exact) mass is 522 g/mol. The molecule has 1 saturated heterocycles. The van der Waals surface area contributed by atoms with Crippen molar-refractivity contribution in [3.63, 3.8) is 0 Å². The number of Topliss-reactive ketones (excluding diaryl/α,β-unsaturated/α-hetero) is 1. The summed E-state index contributed by atoms with van der Waals surface area (Å²) in [5.74, 6) is -0.736. The van der Waals surface area contributed by atoms with Gasteiger partial charge in [0.1, 0.15) is 5.75 Å². The van der Waals surface area contributed by atoms with E-state index in [4.69, 9.17) is 4.74 Å². The molecule has 3 heterocycles. The molecule has 0 bridgehead atoms. The number of carbonyl (C=O) groups excluding carboxylic acids is 2. The lowest BCUT2D eigenvalue weighted by atomic mass is 9.93. The molecule has 7 nitrogen and oxygen atoms in total. The van der Waals surface area contributed by atoms with Crippen molar-refractivity contribution in [3.8, 4) is 23.1 Å². The lowest BCUT2D eigenvalue weighted by Gasteiger charge is -2.28. The van der Waals surface area contributed by atoms with E-state index < -0.39 is 11.7 Å². The van der Waals surface area contributed by atoms with Gasteiger partial charge in [0.2, 0.25) is 0 Å². The van der Waals surface area contributed by atoms with E-state index in [0.29, 0.717) is 53.9 Å². The molecular weight excluding hydrogens is 496 g/mol. The second kappa shape index (κ2) is 11.0. The summed E-state index contributed by atoms with van der Waals surface area (Å²) in [5.41, 5.74) is 5.00. The summed E-state index contributed by atoms with van der Waals surface area (Å²) in [7, 11) is 1.52. The van der Waals surface area contributed by atoms with Gasteiger partial charge in [0.15, 0.2) is 0 Å². The van der Waals surface area contributed by atoms with Gasteiger partial charge >= 0.3 is 0 Å². The molecule has 1 aliphatic rings. The molecule has 2 aromatic heterocycles. The van der Waals surface area contributed by atoms with Gasteiger partial charge in [0.25, 0.3) is 11.7 Å². The molecule has 38 heavy (non-hydrogen) atoms. The number of thioether (sulfide) groups is 1. The van der Waals surface area contributed by atoms with Crippen molar-refractivity contribution >= 4 is 39.9 Å². The van der Waals surface area contributed by atoms with Gasteiger partial charge in [-0.25, -0.2) is 0 Å². The number of hydrogen-bond acceptors (Lipinski definition) is 6.